The number of nitrogens with two attached hydrogens (primary N) is 1. The van der Waals surface area contributed by atoms with Crippen LogP contribution >= 0.6 is 0 Å². The summed E-state index contributed by atoms with van der Waals surface area (Å²) >= 11 is 0. The van der Waals surface area contributed by atoms with Crippen LogP contribution in [0.4, 0.5) is 0 Å². The van der Waals surface area contributed by atoms with Gasteiger partial charge in [-0.3, -0.25) is 4.79 Å². The molecule has 0 spiro atoms. The van der Waals surface area contributed by atoms with E-state index in [0.717, 1.165) is 6.42 Å². The first-order valence-electron chi connectivity index (χ1n) is 5.60. The van der Waals surface area contributed by atoms with Crippen LogP contribution in [0.3, 0.4) is 0 Å². The lowest BCUT2D eigenvalue weighted by Gasteiger charge is -2.23. The summed E-state index contributed by atoms with van der Waals surface area (Å²) in [5.74, 6) is -1.54. The number of nitrogens with one attached hydrogen (secondary N) is 1. The molecule has 16 heavy (non-hydrogen) atoms. The van der Waals surface area contributed by atoms with Crippen LogP contribution in [0.2, 0.25) is 0 Å². The monoisotopic (exact) mass is 230 g/mol. The van der Waals surface area contributed by atoms with Crippen molar-refractivity contribution in [1.82, 2.24) is 5.32 Å². The van der Waals surface area contributed by atoms with E-state index in [9.17, 15) is 9.59 Å². The Bertz CT molecular complexity index is 254. The quantitative estimate of drug-likeness (QED) is 0.622. The van der Waals surface area contributed by atoms with Gasteiger partial charge in [-0.05, 0) is 11.8 Å². The lowest BCUT2D eigenvalue weighted by atomic mass is 9.98. The predicted molar refractivity (Wildman–Crippen MR) is 61.8 cm³/mol. The molecule has 0 fully saturated rings. The highest BCUT2D eigenvalue weighted by Gasteiger charge is 2.27. The maximum absolute atomic E-state index is 11.7. The second-order valence-electron chi connectivity index (χ2n) is 4.48. The molecule has 0 aliphatic heterocycles. The molecule has 0 aliphatic carbocycles. The number of carbonyl (C=O) groups excluding carboxylic acids is 1. The largest absolute Gasteiger partial charge is 0.480 e. The van der Waals surface area contributed by atoms with Crippen LogP contribution in [-0.4, -0.2) is 29.1 Å². The fourth-order valence-electron chi connectivity index (χ4n) is 1.28. The van der Waals surface area contributed by atoms with Crippen molar-refractivity contribution in [2.24, 2.45) is 17.6 Å². The van der Waals surface area contributed by atoms with E-state index in [2.05, 4.69) is 5.32 Å². The van der Waals surface area contributed by atoms with E-state index in [1.807, 2.05) is 13.8 Å². The van der Waals surface area contributed by atoms with Crippen molar-refractivity contribution in [1.29, 1.82) is 0 Å². The molecule has 3 atom stereocenters. The molecule has 0 saturated carbocycles. The van der Waals surface area contributed by atoms with Crippen LogP contribution < -0.4 is 11.1 Å². The number of carbonyl (C=O) groups is 2. The zero-order chi connectivity index (χ0) is 12.9. The molecule has 0 aromatic heterocycles. The molecule has 4 N–H and O–H groups in total. The third kappa shape index (κ3) is 4.18. The van der Waals surface area contributed by atoms with Crippen LogP contribution in [0.1, 0.15) is 34.1 Å². The molecule has 0 aromatic carbocycles. The number of carboxylic acid groups (broad SMARTS) is 1. The van der Waals surface area contributed by atoms with Gasteiger partial charge in [0.1, 0.15) is 6.04 Å². The highest BCUT2D eigenvalue weighted by Crippen LogP contribution is 2.07. The van der Waals surface area contributed by atoms with Gasteiger partial charge in [-0.2, -0.15) is 0 Å². The van der Waals surface area contributed by atoms with Crippen LogP contribution in [0.5, 0.6) is 0 Å². The van der Waals surface area contributed by atoms with E-state index < -0.39 is 24.0 Å². The van der Waals surface area contributed by atoms with Crippen molar-refractivity contribution >= 4 is 11.9 Å². The summed E-state index contributed by atoms with van der Waals surface area (Å²) in [4.78, 5) is 22.5. The van der Waals surface area contributed by atoms with Crippen molar-refractivity contribution in [3.05, 3.63) is 0 Å². The molecule has 0 aliphatic rings. The average molecular weight is 230 g/mol. The van der Waals surface area contributed by atoms with E-state index >= 15 is 0 Å². The molecule has 94 valence electrons. The topological polar surface area (TPSA) is 92.4 Å². The van der Waals surface area contributed by atoms with Gasteiger partial charge in [-0.25, -0.2) is 4.79 Å². The first-order chi connectivity index (χ1) is 7.31. The van der Waals surface area contributed by atoms with Gasteiger partial charge in [0.05, 0.1) is 6.04 Å². The molecular weight excluding hydrogens is 208 g/mol. The molecule has 0 saturated heterocycles. The van der Waals surface area contributed by atoms with Gasteiger partial charge in [0, 0.05) is 0 Å². The molecule has 0 bridgehead atoms. The Labute approximate surface area is 96.4 Å². The second kappa shape index (κ2) is 6.48. The first-order valence-corrected chi connectivity index (χ1v) is 5.60. The van der Waals surface area contributed by atoms with Crippen LogP contribution in [0.15, 0.2) is 0 Å². The van der Waals surface area contributed by atoms with Gasteiger partial charge in [0.2, 0.25) is 5.91 Å². The van der Waals surface area contributed by atoms with E-state index in [1.165, 1.54) is 0 Å². The Morgan fingerprint density at radius 2 is 1.81 bits per heavy atom. The maximum Gasteiger partial charge on any atom is 0.326 e. The van der Waals surface area contributed by atoms with Gasteiger partial charge in [0.15, 0.2) is 0 Å². The Balaban J connectivity index is 4.46. The lowest BCUT2D eigenvalue weighted by Crippen LogP contribution is -2.52. The van der Waals surface area contributed by atoms with Crippen molar-refractivity contribution in [2.45, 2.75) is 46.2 Å². The summed E-state index contributed by atoms with van der Waals surface area (Å²) in [6.45, 7) is 7.30. The summed E-state index contributed by atoms with van der Waals surface area (Å²) in [6, 6.07) is -1.52. The minimum atomic E-state index is -1.03. The SMILES string of the molecule is CC[C@H](C)[C@@H](N)C(=O)N[C@@H](C(=O)O)C(C)C. The molecule has 0 rings (SSSR count). The Morgan fingerprint density at radius 1 is 1.31 bits per heavy atom. The average Bonchev–Trinajstić information content (AvgIpc) is 2.22. The number of aliphatic carboxylic acids is 1. The third-order valence-corrected chi connectivity index (χ3v) is 2.79. The minimum absolute atomic E-state index is 0.0432. The zero-order valence-corrected chi connectivity index (χ0v) is 10.4. The lowest BCUT2D eigenvalue weighted by molar-refractivity contribution is -0.143. The van der Waals surface area contributed by atoms with Gasteiger partial charge in [-0.1, -0.05) is 34.1 Å². The Kier molecular flexibility index (Phi) is 6.03. The maximum atomic E-state index is 11.7. The molecule has 0 radical (unpaired) electrons. The van der Waals surface area contributed by atoms with Crippen LogP contribution in [-0.2, 0) is 9.59 Å². The van der Waals surface area contributed by atoms with Crippen molar-refractivity contribution in [3.8, 4) is 0 Å². The van der Waals surface area contributed by atoms with Crippen LogP contribution in [0, 0.1) is 11.8 Å². The smallest absolute Gasteiger partial charge is 0.326 e. The van der Waals surface area contributed by atoms with E-state index in [4.69, 9.17) is 10.8 Å². The van der Waals surface area contributed by atoms with Gasteiger partial charge in [0.25, 0.3) is 0 Å². The normalized spacial score (nSPS) is 16.6. The summed E-state index contributed by atoms with van der Waals surface area (Å²) in [6.07, 6.45) is 0.786. The fraction of sp³-hybridized carbons (Fsp3) is 0.818. The van der Waals surface area contributed by atoms with Gasteiger partial charge < -0.3 is 16.2 Å². The minimum Gasteiger partial charge on any atom is -0.480 e. The number of rotatable bonds is 6. The molecule has 0 aromatic rings. The molecular formula is C11H22N2O3. The summed E-state index contributed by atoms with van der Waals surface area (Å²) < 4.78 is 0. The van der Waals surface area contributed by atoms with Crippen molar-refractivity contribution in [2.75, 3.05) is 0 Å². The summed E-state index contributed by atoms with van der Waals surface area (Å²) in [5.41, 5.74) is 5.71. The van der Waals surface area contributed by atoms with Crippen molar-refractivity contribution in [3.63, 3.8) is 0 Å². The molecule has 0 unspecified atom stereocenters. The van der Waals surface area contributed by atoms with E-state index in [0.29, 0.717) is 0 Å². The molecule has 5 nitrogen and oxygen atoms in total. The number of hydrogen-bond acceptors (Lipinski definition) is 3. The summed E-state index contributed by atoms with van der Waals surface area (Å²) in [5, 5.41) is 11.4. The predicted octanol–water partition coefficient (Wildman–Crippen LogP) is 0.585. The Morgan fingerprint density at radius 3 is 2.12 bits per heavy atom. The van der Waals surface area contributed by atoms with E-state index in [-0.39, 0.29) is 11.8 Å². The Hall–Kier alpha value is -1.10. The van der Waals surface area contributed by atoms with E-state index in [1.54, 1.807) is 13.8 Å². The second-order valence-corrected chi connectivity index (χ2v) is 4.48. The molecule has 1 amide bonds. The first kappa shape index (κ1) is 14.9. The highest BCUT2D eigenvalue weighted by atomic mass is 16.4. The number of carboxylic acids is 1. The molecule has 5 heteroatoms. The van der Waals surface area contributed by atoms with Crippen LogP contribution in [0.25, 0.3) is 0 Å². The number of hydrogen-bond donors (Lipinski definition) is 3. The third-order valence-electron chi connectivity index (χ3n) is 2.79. The van der Waals surface area contributed by atoms with Crippen molar-refractivity contribution < 1.29 is 14.7 Å². The van der Waals surface area contributed by atoms with Gasteiger partial charge in [-0.15, -0.1) is 0 Å². The zero-order valence-electron chi connectivity index (χ0n) is 10.4. The molecule has 0 heterocycles. The summed E-state index contributed by atoms with van der Waals surface area (Å²) in [7, 11) is 0. The highest BCUT2D eigenvalue weighted by molar-refractivity contribution is 5.87. The standard InChI is InChI=1S/C11H22N2O3/c1-5-7(4)8(12)10(14)13-9(6(2)3)11(15)16/h6-9H,5,12H2,1-4H3,(H,13,14)(H,15,16)/t7-,8+,9+/m0/s1. The fourth-order valence-corrected chi connectivity index (χ4v) is 1.28. The van der Waals surface area contributed by atoms with Gasteiger partial charge >= 0.3 is 5.97 Å². The number of amides is 1.